The molecule has 24 heavy (non-hydrogen) atoms. The standard InChI is InChI=1S/C17H25N3O4/c21-10-9-20-7-5-19(6-8-20)4-3-17(22)18-14-1-2-15-16(13-14)24-12-11-23-15/h1-2,13,21H,3-12H2,(H,18,22). The van der Waals surface area contributed by atoms with Crippen molar-refractivity contribution in [3.8, 4) is 11.5 Å². The van der Waals surface area contributed by atoms with E-state index in [9.17, 15) is 4.79 Å². The first kappa shape index (κ1) is 17.0. The highest BCUT2D eigenvalue weighted by Gasteiger charge is 2.17. The molecule has 2 heterocycles. The van der Waals surface area contributed by atoms with E-state index < -0.39 is 0 Å². The van der Waals surface area contributed by atoms with E-state index in [1.165, 1.54) is 0 Å². The van der Waals surface area contributed by atoms with E-state index in [-0.39, 0.29) is 12.5 Å². The van der Waals surface area contributed by atoms with Gasteiger partial charge < -0.3 is 24.8 Å². The summed E-state index contributed by atoms with van der Waals surface area (Å²) < 4.78 is 11.0. The summed E-state index contributed by atoms with van der Waals surface area (Å²) >= 11 is 0. The Kier molecular flexibility index (Phi) is 5.90. The lowest BCUT2D eigenvalue weighted by Gasteiger charge is -2.34. The van der Waals surface area contributed by atoms with Gasteiger partial charge in [-0.3, -0.25) is 9.69 Å². The lowest BCUT2D eigenvalue weighted by molar-refractivity contribution is -0.116. The number of β-amino-alcohol motifs (C(OH)–C–C–N with tert-alkyl or cyclic N) is 1. The number of aliphatic hydroxyl groups excluding tert-OH is 1. The molecule has 132 valence electrons. The molecule has 1 aromatic carbocycles. The quantitative estimate of drug-likeness (QED) is 0.784. The highest BCUT2D eigenvalue weighted by Crippen LogP contribution is 2.32. The normalized spacial score (nSPS) is 18.4. The van der Waals surface area contributed by atoms with E-state index in [2.05, 4.69) is 15.1 Å². The van der Waals surface area contributed by atoms with Crippen LogP contribution in [0.5, 0.6) is 11.5 Å². The molecule has 2 N–H and O–H groups in total. The number of hydrogen-bond acceptors (Lipinski definition) is 6. The van der Waals surface area contributed by atoms with Crippen LogP contribution < -0.4 is 14.8 Å². The number of benzene rings is 1. The summed E-state index contributed by atoms with van der Waals surface area (Å²) in [5.74, 6) is 1.41. The third kappa shape index (κ3) is 4.59. The number of carbonyl (C=O) groups is 1. The number of carbonyl (C=O) groups excluding carboxylic acids is 1. The minimum atomic E-state index is 0.00413. The van der Waals surface area contributed by atoms with E-state index in [0.29, 0.717) is 25.4 Å². The van der Waals surface area contributed by atoms with E-state index in [1.807, 2.05) is 12.1 Å². The van der Waals surface area contributed by atoms with Gasteiger partial charge in [-0.05, 0) is 12.1 Å². The molecule has 1 aromatic rings. The minimum absolute atomic E-state index is 0.00413. The number of piperazine rings is 1. The number of ether oxygens (including phenoxy) is 2. The number of nitrogens with zero attached hydrogens (tertiary/aromatic N) is 2. The van der Waals surface area contributed by atoms with Crippen LogP contribution in [-0.2, 0) is 4.79 Å². The fraction of sp³-hybridized carbons (Fsp3) is 0.588. The monoisotopic (exact) mass is 335 g/mol. The second-order valence-electron chi connectivity index (χ2n) is 6.06. The van der Waals surface area contributed by atoms with Crippen LogP contribution in [0, 0.1) is 0 Å². The Bertz CT molecular complexity index is 559. The fourth-order valence-electron chi connectivity index (χ4n) is 2.98. The van der Waals surface area contributed by atoms with Gasteiger partial charge in [0, 0.05) is 57.4 Å². The molecule has 1 fully saturated rings. The number of hydrogen-bond donors (Lipinski definition) is 2. The summed E-state index contributed by atoms with van der Waals surface area (Å²) in [6.07, 6.45) is 0.467. The first-order valence-electron chi connectivity index (χ1n) is 8.49. The molecule has 0 spiro atoms. The number of nitrogens with one attached hydrogen (secondary N) is 1. The number of amides is 1. The maximum absolute atomic E-state index is 12.1. The van der Waals surface area contributed by atoms with Crippen LogP contribution in [0.2, 0.25) is 0 Å². The van der Waals surface area contributed by atoms with Crippen molar-refractivity contribution >= 4 is 11.6 Å². The van der Waals surface area contributed by atoms with Crippen molar-refractivity contribution in [3.63, 3.8) is 0 Å². The molecule has 0 unspecified atom stereocenters. The average Bonchev–Trinajstić information content (AvgIpc) is 2.61. The number of fused-ring (bicyclic) bond motifs is 1. The van der Waals surface area contributed by atoms with Crippen molar-refractivity contribution < 1.29 is 19.4 Å². The Balaban J connectivity index is 1.41. The summed E-state index contributed by atoms with van der Waals surface area (Å²) in [5, 5.41) is 11.9. The van der Waals surface area contributed by atoms with Crippen LogP contribution in [0.1, 0.15) is 6.42 Å². The molecule has 0 saturated carbocycles. The first-order valence-corrected chi connectivity index (χ1v) is 8.49. The molecule has 1 amide bonds. The number of aliphatic hydroxyl groups is 1. The summed E-state index contributed by atoms with van der Waals surface area (Å²) in [7, 11) is 0. The molecule has 3 rings (SSSR count). The van der Waals surface area contributed by atoms with Gasteiger partial charge in [0.05, 0.1) is 6.61 Å². The number of rotatable bonds is 6. The Morgan fingerprint density at radius 2 is 1.71 bits per heavy atom. The van der Waals surface area contributed by atoms with Gasteiger partial charge in [0.25, 0.3) is 0 Å². The first-order chi connectivity index (χ1) is 11.7. The zero-order chi connectivity index (χ0) is 16.8. The summed E-state index contributed by atoms with van der Waals surface area (Å²) in [6.45, 7) is 6.57. The third-order valence-electron chi connectivity index (χ3n) is 4.36. The molecule has 0 aromatic heterocycles. The lowest BCUT2D eigenvalue weighted by Crippen LogP contribution is -2.47. The van der Waals surface area contributed by atoms with E-state index >= 15 is 0 Å². The molecule has 1 saturated heterocycles. The predicted octanol–water partition coefficient (Wildman–Crippen LogP) is 0.396. The molecule has 7 nitrogen and oxygen atoms in total. The topological polar surface area (TPSA) is 74.3 Å². The van der Waals surface area contributed by atoms with Gasteiger partial charge in [-0.1, -0.05) is 0 Å². The molecule has 0 aliphatic carbocycles. The second-order valence-corrected chi connectivity index (χ2v) is 6.06. The molecular formula is C17H25N3O4. The zero-order valence-electron chi connectivity index (χ0n) is 13.9. The fourth-order valence-corrected chi connectivity index (χ4v) is 2.98. The summed E-state index contributed by atoms with van der Waals surface area (Å²) in [5.41, 5.74) is 0.733. The van der Waals surface area contributed by atoms with Gasteiger partial charge in [-0.2, -0.15) is 0 Å². The largest absolute Gasteiger partial charge is 0.486 e. The van der Waals surface area contributed by atoms with Gasteiger partial charge in [-0.15, -0.1) is 0 Å². The minimum Gasteiger partial charge on any atom is -0.486 e. The predicted molar refractivity (Wildman–Crippen MR) is 90.6 cm³/mol. The smallest absolute Gasteiger partial charge is 0.225 e. The molecular weight excluding hydrogens is 310 g/mol. The maximum Gasteiger partial charge on any atom is 0.225 e. The van der Waals surface area contributed by atoms with E-state index in [1.54, 1.807) is 6.07 Å². The molecule has 0 bridgehead atoms. The van der Waals surface area contributed by atoms with Crippen molar-refractivity contribution in [3.05, 3.63) is 18.2 Å². The third-order valence-corrected chi connectivity index (χ3v) is 4.36. The summed E-state index contributed by atoms with van der Waals surface area (Å²) in [4.78, 5) is 16.7. The highest BCUT2D eigenvalue weighted by molar-refractivity contribution is 5.91. The Morgan fingerprint density at radius 1 is 1.04 bits per heavy atom. The van der Waals surface area contributed by atoms with Crippen molar-refractivity contribution in [2.45, 2.75) is 6.42 Å². The average molecular weight is 335 g/mol. The van der Waals surface area contributed by atoms with E-state index in [4.69, 9.17) is 14.6 Å². The van der Waals surface area contributed by atoms with Gasteiger partial charge in [-0.25, -0.2) is 0 Å². The van der Waals surface area contributed by atoms with Crippen molar-refractivity contribution in [2.75, 3.05) is 64.4 Å². The van der Waals surface area contributed by atoms with Crippen LogP contribution in [0.3, 0.4) is 0 Å². The molecule has 2 aliphatic heterocycles. The number of anilines is 1. The molecule has 0 radical (unpaired) electrons. The Labute approximate surface area is 142 Å². The van der Waals surface area contributed by atoms with Crippen molar-refractivity contribution in [2.24, 2.45) is 0 Å². The second kappa shape index (κ2) is 8.32. The van der Waals surface area contributed by atoms with Gasteiger partial charge >= 0.3 is 0 Å². The van der Waals surface area contributed by atoms with Crippen LogP contribution in [0.15, 0.2) is 18.2 Å². The van der Waals surface area contributed by atoms with E-state index in [0.717, 1.165) is 50.7 Å². The van der Waals surface area contributed by atoms with Gasteiger partial charge in [0.2, 0.25) is 5.91 Å². The van der Waals surface area contributed by atoms with Gasteiger partial charge in [0.15, 0.2) is 11.5 Å². The van der Waals surface area contributed by atoms with Crippen molar-refractivity contribution in [1.82, 2.24) is 9.80 Å². The van der Waals surface area contributed by atoms with Crippen molar-refractivity contribution in [1.29, 1.82) is 0 Å². The Hall–Kier alpha value is -1.83. The lowest BCUT2D eigenvalue weighted by atomic mass is 10.2. The van der Waals surface area contributed by atoms with Gasteiger partial charge in [0.1, 0.15) is 13.2 Å². The highest BCUT2D eigenvalue weighted by atomic mass is 16.6. The van der Waals surface area contributed by atoms with Crippen LogP contribution in [0.25, 0.3) is 0 Å². The van der Waals surface area contributed by atoms with Crippen LogP contribution >= 0.6 is 0 Å². The maximum atomic E-state index is 12.1. The van der Waals surface area contributed by atoms with Crippen LogP contribution in [0.4, 0.5) is 5.69 Å². The zero-order valence-corrected chi connectivity index (χ0v) is 13.9. The molecule has 7 heteroatoms. The SMILES string of the molecule is O=C(CCN1CCN(CCO)CC1)Nc1ccc2c(c1)OCCO2. The molecule has 0 atom stereocenters. The molecule has 2 aliphatic rings. The van der Waals surface area contributed by atoms with Crippen LogP contribution in [-0.4, -0.2) is 79.9 Å². The Morgan fingerprint density at radius 3 is 2.42 bits per heavy atom. The summed E-state index contributed by atoms with van der Waals surface area (Å²) in [6, 6.07) is 5.46.